The zero-order valence-electron chi connectivity index (χ0n) is 19.2. The van der Waals surface area contributed by atoms with Gasteiger partial charge in [0.15, 0.2) is 12.6 Å². The molecule has 0 saturated heterocycles. The first kappa shape index (κ1) is 26.0. The normalized spacial score (nSPS) is 12.6. The SMILES string of the molecule is C=CC(C)(/C=C/c1ccc(OCC(=O)NCCCCN=C(N)N)cc1)CCC=C(C)C. The third kappa shape index (κ3) is 12.3. The second-order valence-electron chi connectivity index (χ2n) is 8.08. The topological polar surface area (TPSA) is 103 Å². The van der Waals surface area contributed by atoms with Crippen molar-refractivity contribution in [2.45, 2.75) is 46.5 Å². The first-order valence-corrected chi connectivity index (χ1v) is 10.8. The third-order valence-electron chi connectivity index (χ3n) is 4.81. The highest BCUT2D eigenvalue weighted by molar-refractivity contribution is 5.77. The van der Waals surface area contributed by atoms with Crippen LogP contribution < -0.4 is 21.5 Å². The molecule has 1 aromatic carbocycles. The number of unbranched alkanes of at least 4 members (excludes halogenated alkanes) is 1. The van der Waals surface area contributed by atoms with Gasteiger partial charge in [0.25, 0.3) is 5.91 Å². The Morgan fingerprint density at radius 2 is 1.94 bits per heavy atom. The predicted octanol–water partition coefficient (Wildman–Crippen LogP) is 4.19. The highest BCUT2D eigenvalue weighted by Gasteiger charge is 2.15. The van der Waals surface area contributed by atoms with Gasteiger partial charge in [-0.25, -0.2) is 0 Å². The molecule has 5 N–H and O–H groups in total. The van der Waals surface area contributed by atoms with Gasteiger partial charge < -0.3 is 21.5 Å². The number of benzene rings is 1. The van der Waals surface area contributed by atoms with Gasteiger partial charge in [-0.15, -0.1) is 6.58 Å². The maximum absolute atomic E-state index is 11.9. The number of aliphatic imine (C=N–C) groups is 1. The van der Waals surface area contributed by atoms with E-state index in [1.807, 2.05) is 30.3 Å². The van der Waals surface area contributed by atoms with Crippen molar-refractivity contribution < 1.29 is 9.53 Å². The molecule has 0 aliphatic carbocycles. The van der Waals surface area contributed by atoms with Gasteiger partial charge in [-0.1, -0.05) is 48.9 Å². The molecule has 0 aliphatic heterocycles. The predicted molar refractivity (Wildman–Crippen MR) is 131 cm³/mol. The smallest absolute Gasteiger partial charge is 0.257 e. The fraction of sp³-hybridized carbons (Fsp3) is 0.440. The maximum Gasteiger partial charge on any atom is 0.257 e. The van der Waals surface area contributed by atoms with Crippen LogP contribution in [0.15, 0.2) is 59.6 Å². The Morgan fingerprint density at radius 3 is 2.55 bits per heavy atom. The Morgan fingerprint density at radius 1 is 1.23 bits per heavy atom. The lowest BCUT2D eigenvalue weighted by molar-refractivity contribution is -0.123. The van der Waals surface area contributed by atoms with Gasteiger partial charge in [0.2, 0.25) is 0 Å². The number of carbonyl (C=O) groups excluding carboxylic acids is 1. The minimum atomic E-state index is -0.149. The molecule has 1 atom stereocenters. The van der Waals surface area contributed by atoms with Gasteiger partial charge in [0.1, 0.15) is 5.75 Å². The molecule has 0 aromatic heterocycles. The fourth-order valence-electron chi connectivity index (χ4n) is 2.76. The van der Waals surface area contributed by atoms with Crippen LogP contribution in [0.4, 0.5) is 0 Å². The molecule has 0 spiro atoms. The minimum Gasteiger partial charge on any atom is -0.484 e. The summed E-state index contributed by atoms with van der Waals surface area (Å²) in [6.45, 7) is 11.5. The summed E-state index contributed by atoms with van der Waals surface area (Å²) < 4.78 is 5.56. The number of amides is 1. The van der Waals surface area contributed by atoms with E-state index in [0.717, 1.165) is 31.2 Å². The molecule has 6 heteroatoms. The Labute approximate surface area is 187 Å². The molecule has 170 valence electrons. The Balaban J connectivity index is 2.41. The van der Waals surface area contributed by atoms with E-state index in [9.17, 15) is 4.79 Å². The van der Waals surface area contributed by atoms with E-state index in [1.54, 1.807) is 0 Å². The van der Waals surface area contributed by atoms with Crippen LogP contribution in [0.2, 0.25) is 0 Å². The van der Waals surface area contributed by atoms with Gasteiger partial charge in [0.05, 0.1) is 0 Å². The Hall–Kier alpha value is -3.02. The average Bonchev–Trinajstić information content (AvgIpc) is 2.73. The first-order chi connectivity index (χ1) is 14.7. The number of hydrogen-bond acceptors (Lipinski definition) is 3. The Bertz CT molecular complexity index is 773. The molecule has 0 heterocycles. The van der Waals surface area contributed by atoms with Crippen molar-refractivity contribution in [2.24, 2.45) is 21.9 Å². The molecule has 0 fully saturated rings. The van der Waals surface area contributed by atoms with E-state index in [2.05, 4.69) is 55.9 Å². The first-order valence-electron chi connectivity index (χ1n) is 10.8. The summed E-state index contributed by atoms with van der Waals surface area (Å²) in [6.07, 6.45) is 12.2. The van der Waals surface area contributed by atoms with Crippen LogP contribution in [-0.4, -0.2) is 31.6 Å². The van der Waals surface area contributed by atoms with Gasteiger partial charge in [-0.3, -0.25) is 9.79 Å². The second kappa shape index (κ2) is 14.1. The van der Waals surface area contributed by atoms with E-state index in [4.69, 9.17) is 16.2 Å². The van der Waals surface area contributed by atoms with Crippen LogP contribution in [0.5, 0.6) is 5.75 Å². The summed E-state index contributed by atoms with van der Waals surface area (Å²) in [5, 5.41) is 2.82. The maximum atomic E-state index is 11.9. The van der Waals surface area contributed by atoms with Gasteiger partial charge in [-0.05, 0) is 57.2 Å². The number of allylic oxidation sites excluding steroid dienone is 4. The molecule has 0 bridgehead atoms. The van der Waals surface area contributed by atoms with E-state index in [1.165, 1.54) is 5.57 Å². The lowest BCUT2D eigenvalue weighted by Crippen LogP contribution is -2.29. The van der Waals surface area contributed by atoms with Crippen LogP contribution in [-0.2, 0) is 4.79 Å². The van der Waals surface area contributed by atoms with E-state index < -0.39 is 0 Å². The monoisotopic (exact) mass is 426 g/mol. The molecular weight excluding hydrogens is 388 g/mol. The quantitative estimate of drug-likeness (QED) is 0.180. The molecule has 31 heavy (non-hydrogen) atoms. The number of carbonyl (C=O) groups is 1. The molecule has 1 aromatic rings. The van der Waals surface area contributed by atoms with Crippen LogP contribution in [0.25, 0.3) is 6.08 Å². The molecule has 0 aliphatic rings. The molecule has 6 nitrogen and oxygen atoms in total. The third-order valence-corrected chi connectivity index (χ3v) is 4.81. The molecule has 0 radical (unpaired) electrons. The number of ether oxygens (including phenoxy) is 1. The molecule has 0 saturated carbocycles. The summed E-state index contributed by atoms with van der Waals surface area (Å²) in [6, 6.07) is 7.70. The largest absolute Gasteiger partial charge is 0.484 e. The van der Waals surface area contributed by atoms with Crippen molar-refractivity contribution in [3.63, 3.8) is 0 Å². The van der Waals surface area contributed by atoms with Gasteiger partial charge >= 0.3 is 0 Å². The van der Waals surface area contributed by atoms with Crippen LogP contribution in [0.1, 0.15) is 52.0 Å². The van der Waals surface area contributed by atoms with Crippen LogP contribution in [0, 0.1) is 5.41 Å². The summed E-state index contributed by atoms with van der Waals surface area (Å²) in [5.41, 5.74) is 12.9. The second-order valence-corrected chi connectivity index (χ2v) is 8.08. The van der Waals surface area contributed by atoms with Crippen molar-refractivity contribution in [3.05, 3.63) is 60.2 Å². The van der Waals surface area contributed by atoms with Crippen molar-refractivity contribution in [1.82, 2.24) is 5.32 Å². The van der Waals surface area contributed by atoms with Gasteiger partial charge in [0, 0.05) is 18.5 Å². The molecule has 1 unspecified atom stereocenters. The highest BCUT2D eigenvalue weighted by Crippen LogP contribution is 2.28. The number of guanidine groups is 1. The molecule has 1 rings (SSSR count). The number of rotatable bonds is 14. The van der Waals surface area contributed by atoms with Crippen molar-refractivity contribution in [2.75, 3.05) is 19.7 Å². The summed E-state index contributed by atoms with van der Waals surface area (Å²) >= 11 is 0. The van der Waals surface area contributed by atoms with Crippen molar-refractivity contribution in [3.8, 4) is 5.75 Å². The summed E-state index contributed by atoms with van der Waals surface area (Å²) in [5.74, 6) is 0.604. The fourth-order valence-corrected chi connectivity index (χ4v) is 2.76. The van der Waals surface area contributed by atoms with E-state index >= 15 is 0 Å². The zero-order chi connectivity index (χ0) is 23.1. The highest BCUT2D eigenvalue weighted by atomic mass is 16.5. The Kier molecular flexibility index (Phi) is 11.8. The number of hydrogen-bond donors (Lipinski definition) is 3. The summed E-state index contributed by atoms with van der Waals surface area (Å²) in [7, 11) is 0. The van der Waals surface area contributed by atoms with Crippen molar-refractivity contribution >= 4 is 17.9 Å². The van der Waals surface area contributed by atoms with Crippen molar-refractivity contribution in [1.29, 1.82) is 0 Å². The van der Waals surface area contributed by atoms with Crippen LogP contribution in [0.3, 0.4) is 0 Å². The summed E-state index contributed by atoms with van der Waals surface area (Å²) in [4.78, 5) is 15.8. The molecular formula is C25H38N4O2. The average molecular weight is 427 g/mol. The number of nitrogens with two attached hydrogens (primary N) is 2. The number of nitrogens with zero attached hydrogens (tertiary/aromatic N) is 1. The lowest BCUT2D eigenvalue weighted by Gasteiger charge is -2.20. The molecule has 1 amide bonds. The zero-order valence-corrected chi connectivity index (χ0v) is 19.2. The van der Waals surface area contributed by atoms with E-state index in [0.29, 0.717) is 18.8 Å². The minimum absolute atomic E-state index is 0.0119. The van der Waals surface area contributed by atoms with E-state index in [-0.39, 0.29) is 23.9 Å². The van der Waals surface area contributed by atoms with Gasteiger partial charge in [-0.2, -0.15) is 0 Å². The standard InChI is InChI=1S/C25H38N4O2/c1-5-25(4,15-8-9-20(2)3)16-14-21-10-12-22(13-11-21)31-19-23(30)28-17-6-7-18-29-24(26)27/h5,9-14,16H,1,6-8,15,17-19H2,2-4H3,(H,28,30)(H4,26,27,29)/b16-14+. The lowest BCUT2D eigenvalue weighted by atomic mass is 9.84. The number of nitrogens with one attached hydrogen (secondary N) is 1. The van der Waals surface area contributed by atoms with Crippen LogP contribution >= 0.6 is 0 Å².